The number of carbonyl (C=O) groups excluding carboxylic acids is 1. The highest BCUT2D eigenvalue weighted by atomic mass is 16.6. The molecule has 0 spiro atoms. The van der Waals surface area contributed by atoms with Crippen molar-refractivity contribution in [3.05, 3.63) is 0 Å². The number of nitrogens with zero attached hydrogens (tertiary/aromatic N) is 2. The van der Waals surface area contributed by atoms with E-state index in [1.807, 2.05) is 25.7 Å². The average molecular weight is 254 g/mol. The Morgan fingerprint density at radius 2 is 1.61 bits per heavy atom. The van der Waals surface area contributed by atoms with E-state index >= 15 is 0 Å². The van der Waals surface area contributed by atoms with Crippen LogP contribution >= 0.6 is 0 Å². The molecule has 104 valence electrons. The zero-order chi connectivity index (χ0) is 13.2. The van der Waals surface area contributed by atoms with Crippen LogP contribution in [0, 0.1) is 0 Å². The Morgan fingerprint density at radius 3 is 2.11 bits per heavy atom. The lowest BCUT2D eigenvalue weighted by molar-refractivity contribution is 0.0156. The van der Waals surface area contributed by atoms with Gasteiger partial charge < -0.3 is 14.5 Å². The maximum atomic E-state index is 11.9. The molecule has 0 atom stereocenters. The topological polar surface area (TPSA) is 32.8 Å². The summed E-state index contributed by atoms with van der Waals surface area (Å²) in [4.78, 5) is 16.4. The summed E-state index contributed by atoms with van der Waals surface area (Å²) in [5.41, 5.74) is -0.386. The van der Waals surface area contributed by atoms with Gasteiger partial charge in [-0.1, -0.05) is 0 Å². The van der Waals surface area contributed by atoms with E-state index in [0.29, 0.717) is 6.04 Å². The zero-order valence-electron chi connectivity index (χ0n) is 11.9. The lowest BCUT2D eigenvalue weighted by atomic mass is 10.0. The van der Waals surface area contributed by atoms with Crippen LogP contribution in [0.3, 0.4) is 0 Å². The highest BCUT2D eigenvalue weighted by Gasteiger charge is 2.30. The van der Waals surface area contributed by atoms with E-state index in [-0.39, 0.29) is 11.7 Å². The third-order valence-corrected chi connectivity index (χ3v) is 3.77. The summed E-state index contributed by atoms with van der Waals surface area (Å²) in [6, 6.07) is 0.686. The summed E-state index contributed by atoms with van der Waals surface area (Å²) >= 11 is 0. The SMILES string of the molecule is CC(C)(C)OC(=O)N1CCC(N2CCCC2)CC1. The van der Waals surface area contributed by atoms with Crippen LogP contribution in [0.25, 0.3) is 0 Å². The van der Waals surface area contributed by atoms with Crippen LogP contribution in [-0.2, 0) is 4.74 Å². The predicted molar refractivity (Wildman–Crippen MR) is 71.6 cm³/mol. The Bertz CT molecular complexity index is 285. The van der Waals surface area contributed by atoms with Gasteiger partial charge in [-0.3, -0.25) is 0 Å². The van der Waals surface area contributed by atoms with Crippen LogP contribution in [0.15, 0.2) is 0 Å². The normalized spacial score (nSPS) is 23.4. The molecule has 0 aromatic heterocycles. The van der Waals surface area contributed by atoms with Gasteiger partial charge in [0.25, 0.3) is 0 Å². The molecule has 2 heterocycles. The maximum absolute atomic E-state index is 11.9. The minimum Gasteiger partial charge on any atom is -0.444 e. The van der Waals surface area contributed by atoms with Crippen LogP contribution < -0.4 is 0 Å². The molecule has 0 unspecified atom stereocenters. The number of ether oxygens (including phenoxy) is 1. The van der Waals surface area contributed by atoms with Crippen LogP contribution in [0.4, 0.5) is 4.79 Å². The zero-order valence-corrected chi connectivity index (χ0v) is 11.9. The van der Waals surface area contributed by atoms with Crippen LogP contribution in [0.1, 0.15) is 46.5 Å². The Hall–Kier alpha value is -0.770. The van der Waals surface area contributed by atoms with Crippen LogP contribution in [0.5, 0.6) is 0 Å². The molecule has 0 aromatic carbocycles. The maximum Gasteiger partial charge on any atom is 0.410 e. The standard InChI is InChI=1S/C14H26N2O2/c1-14(2,3)18-13(17)16-10-6-12(7-11-16)15-8-4-5-9-15/h12H,4-11H2,1-3H3. The number of amides is 1. The first-order valence-corrected chi connectivity index (χ1v) is 7.18. The fourth-order valence-electron chi connectivity index (χ4n) is 2.85. The second-order valence-electron chi connectivity index (χ2n) is 6.44. The van der Waals surface area contributed by atoms with Gasteiger partial charge in [-0.15, -0.1) is 0 Å². The van der Waals surface area contributed by atoms with Gasteiger partial charge in [0.05, 0.1) is 0 Å². The van der Waals surface area contributed by atoms with Crippen LogP contribution in [0.2, 0.25) is 0 Å². The highest BCUT2D eigenvalue weighted by Crippen LogP contribution is 2.22. The fraction of sp³-hybridized carbons (Fsp3) is 0.929. The van der Waals surface area contributed by atoms with Gasteiger partial charge in [0, 0.05) is 19.1 Å². The van der Waals surface area contributed by atoms with Crippen molar-refractivity contribution in [3.63, 3.8) is 0 Å². The van der Waals surface area contributed by atoms with Gasteiger partial charge in [0.15, 0.2) is 0 Å². The summed E-state index contributed by atoms with van der Waals surface area (Å²) in [5, 5.41) is 0. The van der Waals surface area contributed by atoms with Crippen molar-refractivity contribution in [1.29, 1.82) is 0 Å². The van der Waals surface area contributed by atoms with Crippen molar-refractivity contribution < 1.29 is 9.53 Å². The molecule has 4 heteroatoms. The van der Waals surface area contributed by atoms with Crippen molar-refractivity contribution in [2.75, 3.05) is 26.2 Å². The van der Waals surface area contributed by atoms with Crippen molar-refractivity contribution in [3.8, 4) is 0 Å². The number of rotatable bonds is 1. The van der Waals surface area contributed by atoms with E-state index in [2.05, 4.69) is 4.90 Å². The van der Waals surface area contributed by atoms with Crippen molar-refractivity contribution in [2.24, 2.45) is 0 Å². The van der Waals surface area contributed by atoms with E-state index in [1.165, 1.54) is 25.9 Å². The second-order valence-corrected chi connectivity index (χ2v) is 6.44. The van der Waals surface area contributed by atoms with E-state index in [1.54, 1.807) is 0 Å². The molecule has 2 rings (SSSR count). The molecule has 0 aromatic rings. The van der Waals surface area contributed by atoms with E-state index in [4.69, 9.17) is 4.74 Å². The summed E-state index contributed by atoms with van der Waals surface area (Å²) in [5.74, 6) is 0. The first-order chi connectivity index (χ1) is 8.46. The molecule has 0 N–H and O–H groups in total. The number of carbonyl (C=O) groups is 1. The summed E-state index contributed by atoms with van der Waals surface area (Å²) in [6.45, 7) is 9.94. The predicted octanol–water partition coefficient (Wildman–Crippen LogP) is 2.48. The third-order valence-electron chi connectivity index (χ3n) is 3.77. The molecule has 2 fully saturated rings. The number of likely N-dealkylation sites (tertiary alicyclic amines) is 2. The first kappa shape index (κ1) is 13.7. The lowest BCUT2D eigenvalue weighted by Gasteiger charge is -2.37. The smallest absolute Gasteiger partial charge is 0.410 e. The molecular formula is C14H26N2O2. The van der Waals surface area contributed by atoms with Gasteiger partial charge in [-0.05, 0) is 59.5 Å². The summed E-state index contributed by atoms with van der Waals surface area (Å²) in [7, 11) is 0. The van der Waals surface area contributed by atoms with Gasteiger partial charge >= 0.3 is 6.09 Å². The fourth-order valence-corrected chi connectivity index (χ4v) is 2.85. The minimum atomic E-state index is -0.386. The first-order valence-electron chi connectivity index (χ1n) is 7.18. The second kappa shape index (κ2) is 5.47. The van der Waals surface area contributed by atoms with E-state index in [0.717, 1.165) is 25.9 Å². The molecule has 2 aliphatic rings. The monoisotopic (exact) mass is 254 g/mol. The summed E-state index contributed by atoms with van der Waals surface area (Å²) < 4.78 is 5.41. The lowest BCUT2D eigenvalue weighted by Crippen LogP contribution is -2.47. The molecule has 18 heavy (non-hydrogen) atoms. The molecule has 0 radical (unpaired) electrons. The largest absolute Gasteiger partial charge is 0.444 e. The molecule has 1 amide bonds. The minimum absolute atomic E-state index is 0.151. The third kappa shape index (κ3) is 3.61. The van der Waals surface area contributed by atoms with Gasteiger partial charge in [-0.25, -0.2) is 4.79 Å². The molecule has 2 aliphatic heterocycles. The van der Waals surface area contributed by atoms with Crippen molar-refractivity contribution in [2.45, 2.75) is 58.1 Å². The molecule has 0 bridgehead atoms. The number of hydrogen-bond acceptors (Lipinski definition) is 3. The quantitative estimate of drug-likeness (QED) is 0.720. The number of piperidine rings is 1. The molecule has 2 saturated heterocycles. The van der Waals surface area contributed by atoms with Gasteiger partial charge in [0.2, 0.25) is 0 Å². The van der Waals surface area contributed by atoms with E-state index < -0.39 is 0 Å². The molecule has 4 nitrogen and oxygen atoms in total. The van der Waals surface area contributed by atoms with E-state index in [9.17, 15) is 4.79 Å². The van der Waals surface area contributed by atoms with Crippen molar-refractivity contribution in [1.82, 2.24) is 9.80 Å². The molecule has 0 saturated carbocycles. The van der Waals surface area contributed by atoms with Crippen LogP contribution in [-0.4, -0.2) is 53.7 Å². The number of hydrogen-bond donors (Lipinski definition) is 0. The molecule has 0 aliphatic carbocycles. The molecular weight excluding hydrogens is 228 g/mol. The van der Waals surface area contributed by atoms with Gasteiger partial charge in [-0.2, -0.15) is 0 Å². The van der Waals surface area contributed by atoms with Gasteiger partial charge in [0.1, 0.15) is 5.60 Å². The summed E-state index contributed by atoms with van der Waals surface area (Å²) in [6.07, 6.45) is 4.72. The Morgan fingerprint density at radius 1 is 1.06 bits per heavy atom. The van der Waals surface area contributed by atoms with Crippen molar-refractivity contribution >= 4 is 6.09 Å². The average Bonchev–Trinajstić information content (AvgIpc) is 2.80. The highest BCUT2D eigenvalue weighted by molar-refractivity contribution is 5.68. The Balaban J connectivity index is 1.77. The Kier molecular flexibility index (Phi) is 4.15. The Labute approximate surface area is 110 Å².